The van der Waals surface area contributed by atoms with Gasteiger partial charge in [0.25, 0.3) is 0 Å². The standard InChI is InChI=1S/C65H41NO/c1-65(2)56-27-22-42(35-54(56)62-46-17-9-8-12-38(46)21-28-57(62)65)44-24-31-61-53(34-44)52-33-43(23-30-60(52)67-61)41-20-25-50-51(32-41)48-19-11-10-18-47(48)49-26-29-58-64(63(49)50)55-36-39-13-6-7-14-40(39)37-59(55)66(58)45-15-4-3-5-16-45/h3-37H,1-2H3. The molecule has 0 aliphatic heterocycles. The second kappa shape index (κ2) is 13.3. The second-order valence-electron chi connectivity index (χ2n) is 19.2. The van der Waals surface area contributed by atoms with Gasteiger partial charge in [0.2, 0.25) is 0 Å². The molecule has 0 atom stereocenters. The molecule has 0 fully saturated rings. The SMILES string of the molecule is CC1(C)c2ccc(-c3ccc4oc5ccc(-c6ccc7c(c6)c6ccccc6c6ccc8c(c9cc%10ccccc%10cc9n8-c8ccccc8)c67)cc5c4c3)cc2-c2c1ccc1ccccc21. The molecule has 0 saturated carbocycles. The van der Waals surface area contributed by atoms with Crippen LogP contribution >= 0.6 is 0 Å². The molecule has 2 aromatic heterocycles. The number of hydrogen-bond donors (Lipinski definition) is 0. The summed E-state index contributed by atoms with van der Waals surface area (Å²) in [6.07, 6.45) is 0. The summed E-state index contributed by atoms with van der Waals surface area (Å²) in [6.45, 7) is 4.72. The highest BCUT2D eigenvalue weighted by molar-refractivity contribution is 6.36. The summed E-state index contributed by atoms with van der Waals surface area (Å²) in [4.78, 5) is 0. The summed E-state index contributed by atoms with van der Waals surface area (Å²) < 4.78 is 8.99. The van der Waals surface area contributed by atoms with Gasteiger partial charge in [-0.3, -0.25) is 0 Å². The topological polar surface area (TPSA) is 18.1 Å². The molecule has 0 N–H and O–H groups in total. The maximum atomic E-state index is 6.54. The fourth-order valence-corrected chi connectivity index (χ4v) is 12.1. The lowest BCUT2D eigenvalue weighted by Gasteiger charge is -2.21. The molecule has 12 aromatic carbocycles. The van der Waals surface area contributed by atoms with E-state index in [0.717, 1.165) is 27.6 Å². The molecular weight excluding hydrogens is 811 g/mol. The molecule has 67 heavy (non-hydrogen) atoms. The number of hydrogen-bond acceptors (Lipinski definition) is 1. The zero-order chi connectivity index (χ0) is 44.1. The van der Waals surface area contributed by atoms with Gasteiger partial charge in [0.05, 0.1) is 11.0 Å². The lowest BCUT2D eigenvalue weighted by atomic mass is 9.82. The van der Waals surface area contributed by atoms with Crippen LogP contribution in [0.3, 0.4) is 0 Å². The first-order valence-corrected chi connectivity index (χ1v) is 23.4. The van der Waals surface area contributed by atoms with E-state index in [4.69, 9.17) is 4.42 Å². The van der Waals surface area contributed by atoms with Crippen LogP contribution in [0.5, 0.6) is 0 Å². The first-order valence-electron chi connectivity index (χ1n) is 23.4. The quantitative estimate of drug-likeness (QED) is 0.162. The van der Waals surface area contributed by atoms with Crippen molar-refractivity contribution in [2.45, 2.75) is 19.3 Å². The summed E-state index contributed by atoms with van der Waals surface area (Å²) in [5.41, 5.74) is 15.6. The predicted molar refractivity (Wildman–Crippen MR) is 284 cm³/mol. The van der Waals surface area contributed by atoms with Crippen LogP contribution in [0.25, 0.3) is 137 Å². The van der Waals surface area contributed by atoms with Crippen molar-refractivity contribution < 1.29 is 4.42 Å². The third kappa shape index (κ3) is 5.10. The third-order valence-corrected chi connectivity index (χ3v) is 15.3. The molecule has 2 heteroatoms. The van der Waals surface area contributed by atoms with Crippen molar-refractivity contribution in [3.05, 3.63) is 223 Å². The Bertz CT molecular complexity index is 4470. The Morgan fingerprint density at radius 2 is 0.896 bits per heavy atom. The van der Waals surface area contributed by atoms with Crippen LogP contribution in [0.1, 0.15) is 25.0 Å². The molecule has 15 rings (SSSR count). The van der Waals surface area contributed by atoms with Crippen LogP contribution in [-0.2, 0) is 5.41 Å². The molecule has 0 unspecified atom stereocenters. The van der Waals surface area contributed by atoms with E-state index in [-0.39, 0.29) is 5.41 Å². The van der Waals surface area contributed by atoms with Crippen LogP contribution in [0.15, 0.2) is 217 Å². The molecule has 2 heterocycles. The van der Waals surface area contributed by atoms with Crippen molar-refractivity contribution >= 4 is 97.6 Å². The van der Waals surface area contributed by atoms with Gasteiger partial charge in [-0.25, -0.2) is 0 Å². The maximum absolute atomic E-state index is 6.54. The lowest BCUT2D eigenvalue weighted by Crippen LogP contribution is -2.14. The van der Waals surface area contributed by atoms with Gasteiger partial charge < -0.3 is 8.98 Å². The molecule has 0 saturated heterocycles. The van der Waals surface area contributed by atoms with E-state index in [1.165, 1.54) is 120 Å². The van der Waals surface area contributed by atoms with Gasteiger partial charge in [0.15, 0.2) is 0 Å². The molecule has 0 spiro atoms. The van der Waals surface area contributed by atoms with Gasteiger partial charge in [-0.2, -0.15) is 0 Å². The van der Waals surface area contributed by atoms with Crippen molar-refractivity contribution in [3.63, 3.8) is 0 Å². The molecule has 2 nitrogen and oxygen atoms in total. The van der Waals surface area contributed by atoms with Gasteiger partial charge >= 0.3 is 0 Å². The van der Waals surface area contributed by atoms with E-state index in [1.807, 2.05) is 0 Å². The van der Waals surface area contributed by atoms with Crippen molar-refractivity contribution in [1.82, 2.24) is 4.57 Å². The Morgan fingerprint density at radius 1 is 0.343 bits per heavy atom. The maximum Gasteiger partial charge on any atom is 0.135 e. The molecule has 0 amide bonds. The minimum atomic E-state index is -0.0686. The Hall–Kier alpha value is -8.46. The van der Waals surface area contributed by atoms with Gasteiger partial charge in [-0.15, -0.1) is 0 Å². The molecule has 0 bridgehead atoms. The minimum Gasteiger partial charge on any atom is -0.456 e. The summed E-state index contributed by atoms with van der Waals surface area (Å²) in [5.74, 6) is 0. The zero-order valence-electron chi connectivity index (χ0n) is 37.1. The molecular formula is C65H41NO. The van der Waals surface area contributed by atoms with Gasteiger partial charge in [-0.1, -0.05) is 159 Å². The van der Waals surface area contributed by atoms with E-state index in [9.17, 15) is 0 Å². The van der Waals surface area contributed by atoms with Crippen LogP contribution in [0, 0.1) is 0 Å². The second-order valence-corrected chi connectivity index (χ2v) is 19.2. The van der Waals surface area contributed by atoms with E-state index in [0.29, 0.717) is 0 Å². The van der Waals surface area contributed by atoms with Crippen LogP contribution in [-0.4, -0.2) is 4.57 Å². The van der Waals surface area contributed by atoms with E-state index in [2.05, 4.69) is 231 Å². The third-order valence-electron chi connectivity index (χ3n) is 15.3. The lowest BCUT2D eigenvalue weighted by molar-refractivity contribution is 0.661. The van der Waals surface area contributed by atoms with Crippen molar-refractivity contribution in [3.8, 4) is 39.1 Å². The Kier molecular flexibility index (Phi) is 7.32. The monoisotopic (exact) mass is 851 g/mol. The van der Waals surface area contributed by atoms with Gasteiger partial charge in [-0.05, 0) is 160 Å². The number of nitrogens with zero attached hydrogens (tertiary/aromatic N) is 1. The highest BCUT2D eigenvalue weighted by Crippen LogP contribution is 2.52. The van der Waals surface area contributed by atoms with Crippen LogP contribution < -0.4 is 0 Å². The van der Waals surface area contributed by atoms with Crippen molar-refractivity contribution in [2.75, 3.05) is 0 Å². The minimum absolute atomic E-state index is 0.0686. The van der Waals surface area contributed by atoms with E-state index in [1.54, 1.807) is 0 Å². The zero-order valence-corrected chi connectivity index (χ0v) is 37.1. The number of fused-ring (bicyclic) bond motifs is 19. The summed E-state index contributed by atoms with van der Waals surface area (Å²) >= 11 is 0. The fourth-order valence-electron chi connectivity index (χ4n) is 12.1. The highest BCUT2D eigenvalue weighted by atomic mass is 16.3. The number of furan rings is 1. The van der Waals surface area contributed by atoms with E-state index < -0.39 is 0 Å². The van der Waals surface area contributed by atoms with Crippen molar-refractivity contribution in [1.29, 1.82) is 0 Å². The van der Waals surface area contributed by atoms with Gasteiger partial charge in [0.1, 0.15) is 11.2 Å². The molecule has 0 radical (unpaired) electrons. The summed E-state index contributed by atoms with van der Waals surface area (Å²) in [5, 5.41) is 17.5. The largest absolute Gasteiger partial charge is 0.456 e. The average molecular weight is 852 g/mol. The number of aromatic nitrogens is 1. The average Bonchev–Trinajstić information content (AvgIpc) is 3.99. The first-order chi connectivity index (χ1) is 33.0. The predicted octanol–water partition coefficient (Wildman–Crippen LogP) is 18.1. The first kappa shape index (κ1) is 36.8. The normalized spacial score (nSPS) is 13.3. The smallest absolute Gasteiger partial charge is 0.135 e. The molecule has 14 aromatic rings. The van der Waals surface area contributed by atoms with E-state index >= 15 is 0 Å². The molecule has 1 aliphatic rings. The number of rotatable bonds is 3. The molecule has 312 valence electrons. The number of benzene rings is 12. The van der Waals surface area contributed by atoms with Crippen molar-refractivity contribution in [2.24, 2.45) is 0 Å². The Labute approximate surface area is 386 Å². The summed E-state index contributed by atoms with van der Waals surface area (Å²) in [7, 11) is 0. The summed E-state index contributed by atoms with van der Waals surface area (Å²) in [6, 6.07) is 79.0. The molecule has 1 aliphatic carbocycles. The van der Waals surface area contributed by atoms with Gasteiger partial charge in [0, 0.05) is 38.0 Å². The fraction of sp³-hybridized carbons (Fsp3) is 0.0462. The Morgan fingerprint density at radius 3 is 1.64 bits per heavy atom. The van der Waals surface area contributed by atoms with Crippen LogP contribution in [0.4, 0.5) is 0 Å². The Balaban J connectivity index is 0.918. The number of para-hydroxylation sites is 1. The van der Waals surface area contributed by atoms with Crippen LogP contribution in [0.2, 0.25) is 0 Å². The highest BCUT2D eigenvalue weighted by Gasteiger charge is 2.36.